The Morgan fingerprint density at radius 1 is 1.20 bits per heavy atom. The van der Waals surface area contributed by atoms with E-state index in [1.54, 1.807) is 0 Å². The fourth-order valence-corrected chi connectivity index (χ4v) is 1.50. The van der Waals surface area contributed by atoms with Crippen LogP contribution >= 0.6 is 0 Å². The fraction of sp³-hybridized carbons (Fsp3) is 1.00. The molecule has 0 radical (unpaired) electrons. The molecule has 0 rings (SSSR count). The second kappa shape index (κ2) is 5.83. The number of nitrogens with zero attached hydrogens (tertiary/aromatic N) is 1. The first-order chi connectivity index (χ1) is 6.75. The van der Waals surface area contributed by atoms with E-state index in [0.717, 1.165) is 19.6 Å². The van der Waals surface area contributed by atoms with Gasteiger partial charge in [-0.05, 0) is 32.9 Å². The van der Waals surface area contributed by atoms with E-state index in [-0.39, 0.29) is 17.6 Å². The Morgan fingerprint density at radius 2 is 1.73 bits per heavy atom. The largest absolute Gasteiger partial charge is 0.394 e. The summed E-state index contributed by atoms with van der Waals surface area (Å²) in [5.74, 6) is 0. The van der Waals surface area contributed by atoms with Crippen molar-refractivity contribution in [3.05, 3.63) is 0 Å². The van der Waals surface area contributed by atoms with Crippen molar-refractivity contribution in [2.75, 3.05) is 33.3 Å². The molecule has 0 aromatic heterocycles. The van der Waals surface area contributed by atoms with Crippen molar-refractivity contribution in [1.82, 2.24) is 10.2 Å². The zero-order chi connectivity index (χ0) is 12.1. The van der Waals surface area contributed by atoms with Gasteiger partial charge in [0.1, 0.15) is 0 Å². The standard InChI is InChI=1S/C12H28N2O/c1-7-13-8-11(2,3)9-14(6)12(4,5)10-15/h13,15H,7-10H2,1-6H3. The van der Waals surface area contributed by atoms with Crippen molar-refractivity contribution < 1.29 is 5.11 Å². The minimum Gasteiger partial charge on any atom is -0.394 e. The zero-order valence-corrected chi connectivity index (χ0v) is 11.2. The molecule has 0 saturated heterocycles. The van der Waals surface area contributed by atoms with E-state index in [9.17, 15) is 5.11 Å². The van der Waals surface area contributed by atoms with Gasteiger partial charge < -0.3 is 10.4 Å². The number of aliphatic hydroxyl groups is 1. The lowest BCUT2D eigenvalue weighted by atomic mass is 9.90. The van der Waals surface area contributed by atoms with Crippen LogP contribution in [0.3, 0.4) is 0 Å². The van der Waals surface area contributed by atoms with E-state index in [2.05, 4.69) is 51.9 Å². The molecule has 0 aliphatic heterocycles. The quantitative estimate of drug-likeness (QED) is 0.674. The van der Waals surface area contributed by atoms with Crippen molar-refractivity contribution in [2.24, 2.45) is 5.41 Å². The van der Waals surface area contributed by atoms with Crippen LogP contribution in [0.15, 0.2) is 0 Å². The summed E-state index contributed by atoms with van der Waals surface area (Å²) in [5, 5.41) is 12.7. The summed E-state index contributed by atoms with van der Waals surface area (Å²) in [7, 11) is 2.07. The molecular weight excluding hydrogens is 188 g/mol. The molecule has 3 heteroatoms. The Morgan fingerprint density at radius 3 is 2.13 bits per heavy atom. The maximum atomic E-state index is 9.28. The van der Waals surface area contributed by atoms with Crippen molar-refractivity contribution in [3.63, 3.8) is 0 Å². The number of aliphatic hydroxyl groups excluding tert-OH is 1. The number of hydrogen-bond donors (Lipinski definition) is 2. The average Bonchev–Trinajstić information content (AvgIpc) is 2.14. The highest BCUT2D eigenvalue weighted by Gasteiger charge is 2.28. The van der Waals surface area contributed by atoms with Crippen LogP contribution in [0.5, 0.6) is 0 Å². The van der Waals surface area contributed by atoms with Gasteiger partial charge in [0, 0.05) is 18.6 Å². The van der Waals surface area contributed by atoms with Gasteiger partial charge in [-0.2, -0.15) is 0 Å². The minimum absolute atomic E-state index is 0.135. The maximum Gasteiger partial charge on any atom is 0.0609 e. The summed E-state index contributed by atoms with van der Waals surface area (Å²) in [6.45, 7) is 13.9. The van der Waals surface area contributed by atoms with Crippen LogP contribution in [-0.2, 0) is 0 Å². The van der Waals surface area contributed by atoms with Gasteiger partial charge in [0.25, 0.3) is 0 Å². The lowest BCUT2D eigenvalue weighted by molar-refractivity contribution is 0.0500. The molecule has 3 nitrogen and oxygen atoms in total. The minimum atomic E-state index is -0.135. The predicted octanol–water partition coefficient (Wildman–Crippen LogP) is 1.32. The summed E-state index contributed by atoms with van der Waals surface area (Å²) in [5.41, 5.74) is 0.0979. The molecule has 92 valence electrons. The van der Waals surface area contributed by atoms with Crippen LogP contribution in [0.2, 0.25) is 0 Å². The Kier molecular flexibility index (Phi) is 5.78. The normalized spacial score (nSPS) is 13.6. The Balaban J connectivity index is 4.20. The van der Waals surface area contributed by atoms with Crippen LogP contribution < -0.4 is 5.32 Å². The fourth-order valence-electron chi connectivity index (χ4n) is 1.50. The van der Waals surface area contributed by atoms with E-state index >= 15 is 0 Å². The van der Waals surface area contributed by atoms with Gasteiger partial charge in [0.05, 0.1) is 6.61 Å². The molecule has 0 saturated carbocycles. The van der Waals surface area contributed by atoms with Crippen LogP contribution in [0.1, 0.15) is 34.6 Å². The van der Waals surface area contributed by atoms with Crippen molar-refractivity contribution >= 4 is 0 Å². The Labute approximate surface area is 94.9 Å². The van der Waals surface area contributed by atoms with Crippen LogP contribution in [0.25, 0.3) is 0 Å². The molecule has 2 N–H and O–H groups in total. The predicted molar refractivity (Wildman–Crippen MR) is 66.1 cm³/mol. The van der Waals surface area contributed by atoms with E-state index in [1.807, 2.05) is 0 Å². The number of likely N-dealkylation sites (N-methyl/N-ethyl adjacent to an activating group) is 1. The van der Waals surface area contributed by atoms with Gasteiger partial charge in [0.2, 0.25) is 0 Å². The molecule has 0 amide bonds. The molecule has 0 heterocycles. The highest BCUT2D eigenvalue weighted by Crippen LogP contribution is 2.20. The Hall–Kier alpha value is -0.120. The van der Waals surface area contributed by atoms with Crippen LogP contribution in [0, 0.1) is 5.41 Å². The summed E-state index contributed by atoms with van der Waals surface area (Å²) in [6.07, 6.45) is 0. The van der Waals surface area contributed by atoms with Crippen LogP contribution in [0.4, 0.5) is 0 Å². The molecule has 0 aromatic rings. The molecule has 0 aromatic carbocycles. The highest BCUT2D eigenvalue weighted by atomic mass is 16.3. The second-order valence-electron chi connectivity index (χ2n) is 5.77. The smallest absolute Gasteiger partial charge is 0.0609 e. The number of hydrogen-bond acceptors (Lipinski definition) is 3. The second-order valence-corrected chi connectivity index (χ2v) is 5.77. The third-order valence-electron chi connectivity index (χ3n) is 2.94. The van der Waals surface area contributed by atoms with Crippen molar-refractivity contribution in [3.8, 4) is 0 Å². The lowest BCUT2D eigenvalue weighted by Crippen LogP contribution is -2.50. The maximum absolute atomic E-state index is 9.28. The topological polar surface area (TPSA) is 35.5 Å². The third-order valence-corrected chi connectivity index (χ3v) is 2.94. The van der Waals surface area contributed by atoms with E-state index in [4.69, 9.17) is 0 Å². The molecule has 0 unspecified atom stereocenters. The van der Waals surface area contributed by atoms with E-state index in [0.29, 0.717) is 0 Å². The molecule has 0 aliphatic rings. The number of rotatable bonds is 7. The molecular formula is C12H28N2O. The van der Waals surface area contributed by atoms with Crippen molar-refractivity contribution in [2.45, 2.75) is 40.2 Å². The molecule has 0 aliphatic carbocycles. The van der Waals surface area contributed by atoms with Crippen molar-refractivity contribution in [1.29, 1.82) is 0 Å². The van der Waals surface area contributed by atoms with E-state index in [1.165, 1.54) is 0 Å². The van der Waals surface area contributed by atoms with Gasteiger partial charge in [-0.25, -0.2) is 0 Å². The average molecular weight is 216 g/mol. The molecule has 0 atom stereocenters. The third kappa shape index (κ3) is 5.50. The Bertz CT molecular complexity index is 178. The van der Waals surface area contributed by atoms with E-state index < -0.39 is 0 Å². The summed E-state index contributed by atoms with van der Waals surface area (Å²) >= 11 is 0. The number of nitrogens with one attached hydrogen (secondary N) is 1. The first kappa shape index (κ1) is 14.9. The van der Waals surface area contributed by atoms with Gasteiger partial charge in [0.15, 0.2) is 0 Å². The van der Waals surface area contributed by atoms with Gasteiger partial charge >= 0.3 is 0 Å². The van der Waals surface area contributed by atoms with Gasteiger partial charge in [-0.3, -0.25) is 4.90 Å². The summed E-state index contributed by atoms with van der Waals surface area (Å²) in [6, 6.07) is 0. The van der Waals surface area contributed by atoms with Gasteiger partial charge in [-0.1, -0.05) is 20.8 Å². The highest BCUT2D eigenvalue weighted by molar-refractivity contribution is 4.83. The first-order valence-electron chi connectivity index (χ1n) is 5.78. The molecule has 0 bridgehead atoms. The van der Waals surface area contributed by atoms with Crippen LogP contribution in [-0.4, -0.2) is 48.8 Å². The SMILES string of the molecule is CCNCC(C)(C)CN(C)C(C)(C)CO. The monoisotopic (exact) mass is 216 g/mol. The first-order valence-corrected chi connectivity index (χ1v) is 5.78. The molecule has 0 fully saturated rings. The lowest BCUT2D eigenvalue weighted by Gasteiger charge is -2.39. The molecule has 15 heavy (non-hydrogen) atoms. The summed E-state index contributed by atoms with van der Waals surface area (Å²) in [4.78, 5) is 2.23. The summed E-state index contributed by atoms with van der Waals surface area (Å²) < 4.78 is 0. The van der Waals surface area contributed by atoms with Gasteiger partial charge in [-0.15, -0.1) is 0 Å². The molecule has 0 spiro atoms. The zero-order valence-electron chi connectivity index (χ0n) is 11.2.